The summed E-state index contributed by atoms with van der Waals surface area (Å²) in [6.07, 6.45) is 4.59. The molecule has 0 aliphatic carbocycles. The molecule has 34 heavy (non-hydrogen) atoms. The molecule has 6 nitrogen and oxygen atoms in total. The van der Waals surface area contributed by atoms with Crippen LogP contribution in [0.1, 0.15) is 56.2 Å². The quantitative estimate of drug-likeness (QED) is 0.376. The van der Waals surface area contributed by atoms with E-state index < -0.39 is 11.4 Å². The van der Waals surface area contributed by atoms with Gasteiger partial charge in [0, 0.05) is 17.9 Å². The van der Waals surface area contributed by atoms with Gasteiger partial charge in [-0.25, -0.2) is 0 Å². The van der Waals surface area contributed by atoms with Gasteiger partial charge in [0.2, 0.25) is 0 Å². The number of carboxylic acids is 1. The first kappa shape index (κ1) is 26.4. The summed E-state index contributed by atoms with van der Waals surface area (Å²) in [7, 11) is 0. The molecular weight excluding hydrogens is 474 g/mol. The predicted molar refractivity (Wildman–Crippen MR) is 137 cm³/mol. The van der Waals surface area contributed by atoms with E-state index in [0.717, 1.165) is 59.4 Å². The van der Waals surface area contributed by atoms with Crippen LogP contribution in [0.2, 0.25) is 5.02 Å². The van der Waals surface area contributed by atoms with Gasteiger partial charge < -0.3 is 19.9 Å². The largest absolute Gasteiger partial charge is 0.493 e. The lowest BCUT2D eigenvalue weighted by molar-refractivity contribution is -0.142. The van der Waals surface area contributed by atoms with Crippen LogP contribution < -0.4 is 10.1 Å². The zero-order valence-electron chi connectivity index (χ0n) is 20.1. The fraction of sp³-hybridized carbons (Fsp3) is 0.462. The summed E-state index contributed by atoms with van der Waals surface area (Å²) in [6, 6.07) is 8.75. The highest BCUT2D eigenvalue weighted by atomic mass is 35.5. The van der Waals surface area contributed by atoms with E-state index in [1.807, 2.05) is 26.0 Å². The van der Waals surface area contributed by atoms with E-state index >= 15 is 0 Å². The number of aryl methyl sites for hydroxylation is 2. The van der Waals surface area contributed by atoms with Crippen LogP contribution in [0.3, 0.4) is 0 Å². The van der Waals surface area contributed by atoms with E-state index in [1.54, 1.807) is 32.0 Å². The zero-order valence-corrected chi connectivity index (χ0v) is 21.6. The zero-order chi connectivity index (χ0) is 24.9. The van der Waals surface area contributed by atoms with Crippen molar-refractivity contribution in [2.75, 3.05) is 18.5 Å². The van der Waals surface area contributed by atoms with Gasteiger partial charge in [-0.2, -0.15) is 0 Å². The molecule has 0 unspecified atom stereocenters. The molecule has 8 heteroatoms. The summed E-state index contributed by atoms with van der Waals surface area (Å²) in [5.74, 6) is -0.177. The number of carbonyl (C=O) groups excluding carboxylic acids is 1. The van der Waals surface area contributed by atoms with Crippen LogP contribution in [0, 0.1) is 13.8 Å². The second kappa shape index (κ2) is 11.5. The molecule has 1 aliphatic heterocycles. The maximum atomic E-state index is 12.8. The van der Waals surface area contributed by atoms with Crippen molar-refractivity contribution in [1.82, 2.24) is 0 Å². The maximum absolute atomic E-state index is 12.8. The Morgan fingerprint density at radius 2 is 1.91 bits per heavy atom. The van der Waals surface area contributed by atoms with Crippen LogP contribution in [0.5, 0.6) is 5.75 Å². The molecule has 1 fully saturated rings. The number of benzene rings is 2. The number of rotatable bonds is 8. The summed E-state index contributed by atoms with van der Waals surface area (Å²) in [4.78, 5) is 25.2. The second-order valence-corrected chi connectivity index (χ2v) is 10.5. The molecule has 2 N–H and O–H groups in total. The summed E-state index contributed by atoms with van der Waals surface area (Å²) in [5.41, 5.74) is 1.71. The van der Waals surface area contributed by atoms with Crippen molar-refractivity contribution in [2.24, 2.45) is 0 Å². The highest BCUT2D eigenvalue weighted by molar-refractivity contribution is 8.14. The number of aliphatic carboxylic acids is 1. The number of hydrogen-bond acceptors (Lipinski definition) is 5. The molecule has 1 saturated heterocycles. The Bertz CT molecular complexity index is 1030. The van der Waals surface area contributed by atoms with Gasteiger partial charge in [-0.1, -0.05) is 17.7 Å². The maximum Gasteiger partial charge on any atom is 0.313 e. The molecule has 0 aromatic heterocycles. The molecule has 1 amide bonds. The lowest BCUT2D eigenvalue weighted by atomic mass is 9.84. The average Bonchev–Trinajstić information content (AvgIpc) is 2.78. The van der Waals surface area contributed by atoms with Crippen molar-refractivity contribution in [2.45, 2.75) is 69.8 Å². The number of ether oxygens (including phenoxy) is 2. The van der Waals surface area contributed by atoms with Gasteiger partial charge in [-0.05, 0) is 99.7 Å². The third-order valence-electron chi connectivity index (χ3n) is 6.07. The Morgan fingerprint density at radius 3 is 2.53 bits per heavy atom. The van der Waals surface area contributed by atoms with Gasteiger partial charge in [-0.3, -0.25) is 9.59 Å². The summed E-state index contributed by atoms with van der Waals surface area (Å²) in [6.45, 7) is 8.54. The van der Waals surface area contributed by atoms with Crippen molar-refractivity contribution in [3.8, 4) is 5.75 Å². The normalized spacial score (nSPS) is 16.2. The van der Waals surface area contributed by atoms with Crippen molar-refractivity contribution in [1.29, 1.82) is 0 Å². The summed E-state index contributed by atoms with van der Waals surface area (Å²) in [5, 5.41) is 12.3. The molecule has 1 heterocycles. The van der Waals surface area contributed by atoms with Gasteiger partial charge >= 0.3 is 5.97 Å². The summed E-state index contributed by atoms with van der Waals surface area (Å²) < 4.78 is 11.7. The highest BCUT2D eigenvalue weighted by Crippen LogP contribution is 2.34. The van der Waals surface area contributed by atoms with E-state index in [-0.39, 0.29) is 11.3 Å². The fourth-order valence-corrected chi connectivity index (χ4v) is 4.81. The standard InChI is InChI=1S/C26H32ClNO5S/c1-16-13-20(33-12-10-19-7-5-6-11-32-19)14-17(2)23(16)34-25(31)28-22-15-18(8-9-21(22)27)26(3,4)24(29)30/h8-9,13-15,19H,5-7,10-12H2,1-4H3,(H,28,31)(H,29,30)/t19-/m1/s1. The Kier molecular flexibility index (Phi) is 8.90. The molecular formula is C26H32ClNO5S. The van der Waals surface area contributed by atoms with E-state index in [0.29, 0.717) is 22.9 Å². The monoisotopic (exact) mass is 505 g/mol. The fourth-order valence-electron chi connectivity index (χ4n) is 3.86. The van der Waals surface area contributed by atoms with Gasteiger partial charge in [0.25, 0.3) is 5.24 Å². The third kappa shape index (κ3) is 6.68. The minimum atomic E-state index is -1.11. The summed E-state index contributed by atoms with van der Waals surface area (Å²) >= 11 is 7.34. The lowest BCUT2D eigenvalue weighted by Crippen LogP contribution is -2.28. The predicted octanol–water partition coefficient (Wildman–Crippen LogP) is 6.98. The first-order valence-corrected chi connectivity index (χ1v) is 12.6. The minimum Gasteiger partial charge on any atom is -0.493 e. The molecule has 184 valence electrons. The molecule has 2 aromatic rings. The molecule has 0 radical (unpaired) electrons. The van der Waals surface area contributed by atoms with Crippen LogP contribution in [0.4, 0.5) is 10.5 Å². The molecule has 1 aliphatic rings. The van der Waals surface area contributed by atoms with Crippen molar-refractivity contribution in [3.05, 3.63) is 52.0 Å². The molecule has 0 spiro atoms. The third-order valence-corrected chi connectivity index (χ3v) is 7.54. The molecule has 0 saturated carbocycles. The molecule has 3 rings (SSSR count). The van der Waals surface area contributed by atoms with Crippen molar-refractivity contribution in [3.63, 3.8) is 0 Å². The van der Waals surface area contributed by atoms with E-state index in [1.165, 1.54) is 6.42 Å². The Labute approximate surface area is 210 Å². The number of halogens is 1. The molecule has 2 aromatic carbocycles. The smallest absolute Gasteiger partial charge is 0.313 e. The Morgan fingerprint density at radius 1 is 1.21 bits per heavy atom. The van der Waals surface area contributed by atoms with E-state index in [9.17, 15) is 14.7 Å². The van der Waals surface area contributed by atoms with Gasteiger partial charge in [0.1, 0.15) is 5.75 Å². The highest BCUT2D eigenvalue weighted by Gasteiger charge is 2.30. The minimum absolute atomic E-state index is 0.279. The SMILES string of the molecule is Cc1cc(OCC[C@H]2CCCCO2)cc(C)c1SC(=O)Nc1cc(C(C)(C)C(=O)O)ccc1Cl. The van der Waals surface area contributed by atoms with Crippen molar-refractivity contribution >= 4 is 40.3 Å². The first-order chi connectivity index (χ1) is 16.1. The molecule has 1 atom stereocenters. The van der Waals surface area contributed by atoms with Gasteiger partial charge in [0.15, 0.2) is 0 Å². The number of carboxylic acid groups (broad SMARTS) is 1. The Balaban J connectivity index is 1.64. The van der Waals surface area contributed by atoms with Gasteiger partial charge in [-0.15, -0.1) is 0 Å². The molecule has 0 bridgehead atoms. The number of thioether (sulfide) groups is 1. The second-order valence-electron chi connectivity index (χ2n) is 9.15. The lowest BCUT2D eigenvalue weighted by Gasteiger charge is -2.22. The average molecular weight is 506 g/mol. The van der Waals surface area contributed by atoms with E-state index in [2.05, 4.69) is 5.32 Å². The van der Waals surface area contributed by atoms with Crippen LogP contribution in [-0.2, 0) is 14.9 Å². The number of carbonyl (C=O) groups is 2. The number of nitrogens with one attached hydrogen (secondary N) is 1. The first-order valence-electron chi connectivity index (χ1n) is 11.5. The van der Waals surface area contributed by atoms with E-state index in [4.69, 9.17) is 21.1 Å². The van der Waals surface area contributed by atoms with Crippen LogP contribution in [0.25, 0.3) is 0 Å². The van der Waals surface area contributed by atoms with Crippen molar-refractivity contribution < 1.29 is 24.2 Å². The van der Waals surface area contributed by atoms with Crippen LogP contribution in [-0.4, -0.2) is 35.6 Å². The topological polar surface area (TPSA) is 84.9 Å². The number of hydrogen-bond donors (Lipinski definition) is 2. The number of anilines is 1. The van der Waals surface area contributed by atoms with Crippen LogP contribution in [0.15, 0.2) is 35.2 Å². The van der Waals surface area contributed by atoms with Gasteiger partial charge in [0.05, 0.1) is 28.8 Å². The Hall–Kier alpha value is -2.22. The number of amides is 1. The van der Waals surface area contributed by atoms with Crippen LogP contribution >= 0.6 is 23.4 Å².